The number of rotatable bonds is 3. The molecule has 2 aromatic carbocycles. The van der Waals surface area contributed by atoms with E-state index in [4.69, 9.17) is 10.5 Å². The van der Waals surface area contributed by atoms with Gasteiger partial charge in [-0.3, -0.25) is 0 Å². The van der Waals surface area contributed by atoms with Gasteiger partial charge in [-0.05, 0) is 54.1 Å². The predicted molar refractivity (Wildman–Crippen MR) is 77.9 cm³/mol. The molecule has 1 aliphatic heterocycles. The maximum atomic E-state index is 12.8. The van der Waals surface area contributed by atoms with Crippen LogP contribution in [0.15, 0.2) is 52.3 Å². The normalized spacial score (nSPS) is 15.4. The minimum absolute atomic E-state index is 0.109. The number of nitrogen functional groups attached to an aromatic ring is 1. The van der Waals surface area contributed by atoms with Gasteiger partial charge in [0.15, 0.2) is 0 Å². The Morgan fingerprint density at radius 2 is 1.81 bits per heavy atom. The van der Waals surface area contributed by atoms with Gasteiger partial charge in [-0.1, -0.05) is 0 Å². The zero-order chi connectivity index (χ0) is 15.0. The lowest BCUT2D eigenvalue weighted by atomic mass is 10.2. The van der Waals surface area contributed by atoms with Crippen molar-refractivity contribution in [1.82, 2.24) is 0 Å². The molecule has 0 aliphatic carbocycles. The van der Waals surface area contributed by atoms with Crippen molar-refractivity contribution >= 4 is 21.6 Å². The average Bonchev–Trinajstić information content (AvgIpc) is 2.69. The van der Waals surface area contributed by atoms with Crippen LogP contribution in [0.25, 0.3) is 6.08 Å². The molecule has 0 atom stereocenters. The third-order valence-electron chi connectivity index (χ3n) is 3.18. The van der Waals surface area contributed by atoms with E-state index in [-0.39, 0.29) is 22.2 Å². The van der Waals surface area contributed by atoms with Crippen LogP contribution in [-0.4, -0.2) is 15.0 Å². The largest absolute Gasteiger partial charge is 0.488 e. The molecule has 1 heterocycles. The quantitative estimate of drug-likeness (QED) is 0.885. The third kappa shape index (κ3) is 2.50. The van der Waals surface area contributed by atoms with Gasteiger partial charge in [0.25, 0.3) is 0 Å². The van der Waals surface area contributed by atoms with E-state index in [0.29, 0.717) is 17.0 Å². The number of halogens is 1. The van der Waals surface area contributed by atoms with Gasteiger partial charge in [-0.15, -0.1) is 0 Å². The summed E-state index contributed by atoms with van der Waals surface area (Å²) in [5.74, 6) is 0.0286. The molecule has 1 aliphatic rings. The van der Waals surface area contributed by atoms with Gasteiger partial charge in [0.05, 0.1) is 9.80 Å². The number of nitrogens with two attached hydrogens (primary N) is 1. The fourth-order valence-electron chi connectivity index (χ4n) is 2.12. The number of anilines is 1. The van der Waals surface area contributed by atoms with Crippen LogP contribution >= 0.6 is 0 Å². The monoisotopic (exact) mass is 305 g/mol. The highest BCUT2D eigenvalue weighted by Crippen LogP contribution is 2.34. The smallest absolute Gasteiger partial charge is 0.206 e. The molecular formula is C15H12FNO3S. The van der Waals surface area contributed by atoms with E-state index in [1.165, 1.54) is 30.3 Å². The Kier molecular flexibility index (Phi) is 3.17. The third-order valence-corrected chi connectivity index (χ3v) is 5.06. The van der Waals surface area contributed by atoms with Gasteiger partial charge in [-0.25, -0.2) is 12.8 Å². The molecule has 0 saturated heterocycles. The van der Waals surface area contributed by atoms with Crippen molar-refractivity contribution in [2.45, 2.75) is 4.90 Å². The summed E-state index contributed by atoms with van der Waals surface area (Å²) in [5.41, 5.74) is 6.72. The molecule has 0 amide bonds. The fraction of sp³-hybridized carbons (Fsp3) is 0.0667. The van der Waals surface area contributed by atoms with Crippen LogP contribution in [0, 0.1) is 5.82 Å². The summed E-state index contributed by atoms with van der Waals surface area (Å²) in [5, 5.41) is 0. The average molecular weight is 305 g/mol. The Bertz CT molecular complexity index is 826. The molecule has 0 radical (unpaired) electrons. The van der Waals surface area contributed by atoms with Crippen LogP contribution in [0.3, 0.4) is 0 Å². The number of hydrogen-bond donors (Lipinski definition) is 1. The molecular weight excluding hydrogens is 293 g/mol. The number of benzene rings is 2. The van der Waals surface area contributed by atoms with Crippen LogP contribution in [-0.2, 0) is 9.84 Å². The first-order valence-electron chi connectivity index (χ1n) is 6.20. The van der Waals surface area contributed by atoms with Crippen LogP contribution in [0.2, 0.25) is 0 Å². The molecule has 4 nitrogen and oxygen atoms in total. The second kappa shape index (κ2) is 4.89. The number of fused-ring (bicyclic) bond motifs is 1. The van der Waals surface area contributed by atoms with Crippen molar-refractivity contribution in [3.8, 4) is 5.75 Å². The summed E-state index contributed by atoms with van der Waals surface area (Å²) in [6, 6.07) is 10.0. The van der Waals surface area contributed by atoms with Crippen LogP contribution in [0.5, 0.6) is 5.75 Å². The molecule has 2 N–H and O–H groups in total. The minimum Gasteiger partial charge on any atom is -0.488 e. The van der Waals surface area contributed by atoms with Crippen LogP contribution < -0.4 is 10.5 Å². The van der Waals surface area contributed by atoms with E-state index in [9.17, 15) is 12.8 Å². The summed E-state index contributed by atoms with van der Waals surface area (Å²) >= 11 is 0. The van der Waals surface area contributed by atoms with Gasteiger partial charge < -0.3 is 10.5 Å². The van der Waals surface area contributed by atoms with Crippen molar-refractivity contribution in [2.75, 3.05) is 12.3 Å². The Morgan fingerprint density at radius 1 is 1.10 bits per heavy atom. The van der Waals surface area contributed by atoms with E-state index in [0.717, 1.165) is 0 Å². The standard InChI is InChI=1S/C15H12FNO3S/c16-11-1-4-13(5-2-11)20-9-14-8-10-7-12(17)3-6-15(10)21(14,18)19/h1-8H,9,17H2. The molecule has 0 bridgehead atoms. The van der Waals surface area contributed by atoms with E-state index in [2.05, 4.69) is 0 Å². The van der Waals surface area contributed by atoms with E-state index < -0.39 is 9.84 Å². The highest BCUT2D eigenvalue weighted by molar-refractivity contribution is 7.95. The van der Waals surface area contributed by atoms with Gasteiger partial charge in [0.1, 0.15) is 18.2 Å². The van der Waals surface area contributed by atoms with Gasteiger partial charge in [-0.2, -0.15) is 0 Å². The molecule has 0 aromatic heterocycles. The number of sulfone groups is 1. The minimum atomic E-state index is -3.53. The van der Waals surface area contributed by atoms with Crippen molar-refractivity contribution in [1.29, 1.82) is 0 Å². The molecule has 0 spiro atoms. The molecule has 0 saturated carbocycles. The van der Waals surface area contributed by atoms with Crippen molar-refractivity contribution in [3.63, 3.8) is 0 Å². The summed E-state index contributed by atoms with van der Waals surface area (Å²) in [7, 11) is -3.53. The zero-order valence-electron chi connectivity index (χ0n) is 10.9. The maximum Gasteiger partial charge on any atom is 0.206 e. The predicted octanol–water partition coefficient (Wildman–Crippen LogP) is 2.62. The van der Waals surface area contributed by atoms with Gasteiger partial charge in [0.2, 0.25) is 9.84 Å². The molecule has 21 heavy (non-hydrogen) atoms. The Labute approximate surface area is 121 Å². The lowest BCUT2D eigenvalue weighted by Crippen LogP contribution is -2.09. The van der Waals surface area contributed by atoms with Crippen molar-refractivity contribution in [3.05, 3.63) is 58.8 Å². The second-order valence-corrected chi connectivity index (χ2v) is 6.63. The molecule has 6 heteroatoms. The number of hydrogen-bond acceptors (Lipinski definition) is 4. The molecule has 0 fully saturated rings. The summed E-state index contributed by atoms with van der Waals surface area (Å²) in [4.78, 5) is 0.391. The highest BCUT2D eigenvalue weighted by atomic mass is 32.2. The Hall–Kier alpha value is -2.34. The highest BCUT2D eigenvalue weighted by Gasteiger charge is 2.29. The van der Waals surface area contributed by atoms with E-state index in [1.807, 2.05) is 0 Å². The lowest BCUT2D eigenvalue weighted by Gasteiger charge is -2.07. The molecule has 0 unspecified atom stereocenters. The molecule has 108 valence electrons. The summed E-state index contributed by atoms with van der Waals surface area (Å²) in [6.45, 7) is -0.109. The Balaban J connectivity index is 1.84. The van der Waals surface area contributed by atoms with E-state index >= 15 is 0 Å². The summed E-state index contributed by atoms with van der Waals surface area (Å²) < 4.78 is 42.8. The first kappa shape index (κ1) is 13.6. The number of ether oxygens (including phenoxy) is 1. The first-order chi connectivity index (χ1) is 9.96. The second-order valence-electron chi connectivity index (χ2n) is 4.65. The maximum absolute atomic E-state index is 12.8. The van der Waals surface area contributed by atoms with Gasteiger partial charge >= 0.3 is 0 Å². The topological polar surface area (TPSA) is 69.4 Å². The van der Waals surface area contributed by atoms with Crippen LogP contribution in [0.1, 0.15) is 5.56 Å². The van der Waals surface area contributed by atoms with Crippen LogP contribution in [0.4, 0.5) is 10.1 Å². The van der Waals surface area contributed by atoms with Crippen molar-refractivity contribution in [2.24, 2.45) is 0 Å². The Morgan fingerprint density at radius 3 is 2.52 bits per heavy atom. The van der Waals surface area contributed by atoms with E-state index in [1.54, 1.807) is 18.2 Å². The summed E-state index contributed by atoms with van der Waals surface area (Å²) in [6.07, 6.45) is 1.55. The molecule has 3 rings (SSSR count). The fourth-order valence-corrected chi connectivity index (χ4v) is 3.58. The lowest BCUT2D eigenvalue weighted by molar-refractivity contribution is 0.358. The zero-order valence-corrected chi connectivity index (χ0v) is 11.7. The van der Waals surface area contributed by atoms with Crippen molar-refractivity contribution < 1.29 is 17.5 Å². The first-order valence-corrected chi connectivity index (χ1v) is 7.69. The van der Waals surface area contributed by atoms with Gasteiger partial charge in [0, 0.05) is 5.69 Å². The molecule has 2 aromatic rings. The SMILES string of the molecule is Nc1ccc2c(c1)C=C(COc1ccc(F)cc1)S2(=O)=O.